The van der Waals surface area contributed by atoms with E-state index in [1.807, 2.05) is 26.8 Å². The molecule has 1 aromatic heterocycles. The molecule has 0 atom stereocenters. The lowest BCUT2D eigenvalue weighted by Crippen LogP contribution is -2.09. The summed E-state index contributed by atoms with van der Waals surface area (Å²) in [6.07, 6.45) is 3.98. The molecule has 33 heavy (non-hydrogen) atoms. The Balaban J connectivity index is 1.67. The minimum absolute atomic E-state index is 0.309. The average molecular weight is 471 g/mol. The first kappa shape index (κ1) is 24.2. The number of rotatable bonds is 10. The summed E-state index contributed by atoms with van der Waals surface area (Å²) >= 11 is 6.07. The van der Waals surface area contributed by atoms with Crippen molar-refractivity contribution in [3.8, 4) is 17.2 Å². The van der Waals surface area contributed by atoms with Crippen LogP contribution in [0.5, 0.6) is 17.2 Å². The summed E-state index contributed by atoms with van der Waals surface area (Å²) in [5.41, 5.74) is 2.99. The van der Waals surface area contributed by atoms with Gasteiger partial charge in [0.2, 0.25) is 5.91 Å². The quantitative estimate of drug-likeness (QED) is 0.367. The Morgan fingerprint density at radius 3 is 2.61 bits per heavy atom. The second kappa shape index (κ2) is 11.4. The van der Waals surface area contributed by atoms with E-state index in [1.54, 1.807) is 43.5 Å². The van der Waals surface area contributed by atoms with E-state index in [9.17, 15) is 4.79 Å². The normalized spacial score (nSPS) is 10.9. The number of methoxy groups -OCH3 is 1. The number of aromatic nitrogens is 1. The van der Waals surface area contributed by atoms with Gasteiger partial charge in [-0.2, -0.15) is 0 Å². The van der Waals surface area contributed by atoms with Crippen molar-refractivity contribution >= 4 is 29.3 Å². The molecule has 1 heterocycles. The van der Waals surface area contributed by atoms with Gasteiger partial charge in [-0.15, -0.1) is 0 Å². The second-order valence-electron chi connectivity index (χ2n) is 7.31. The predicted octanol–water partition coefficient (Wildman–Crippen LogP) is 5.97. The fourth-order valence-corrected chi connectivity index (χ4v) is 3.22. The number of carbonyl (C=O) groups excluding carboxylic acids is 1. The van der Waals surface area contributed by atoms with Crippen molar-refractivity contribution in [2.24, 2.45) is 0 Å². The standard InChI is InChI=1S/C25H27ClN2O5/c1-5-12-31-22-10-8-19(26)14-21(22)27-25(29)11-7-18-6-9-23(24(13-18)30-4)32-15-20-16(2)28-33-17(20)3/h6-11,13-14H,5,12,15H2,1-4H3,(H,27,29). The fraction of sp³-hybridized carbons (Fsp3) is 0.280. The van der Waals surface area contributed by atoms with E-state index in [0.29, 0.717) is 41.2 Å². The third-order valence-corrected chi connectivity index (χ3v) is 5.06. The summed E-state index contributed by atoms with van der Waals surface area (Å²) in [6, 6.07) is 10.5. The van der Waals surface area contributed by atoms with Gasteiger partial charge in [0.1, 0.15) is 18.1 Å². The molecule has 1 amide bonds. The van der Waals surface area contributed by atoms with Crippen LogP contribution in [0, 0.1) is 13.8 Å². The Bertz CT molecular complexity index is 1120. The highest BCUT2D eigenvalue weighted by molar-refractivity contribution is 6.31. The highest BCUT2D eigenvalue weighted by Crippen LogP contribution is 2.31. The molecule has 0 radical (unpaired) electrons. The second-order valence-corrected chi connectivity index (χ2v) is 7.75. The number of halogens is 1. The Morgan fingerprint density at radius 2 is 1.91 bits per heavy atom. The van der Waals surface area contributed by atoms with Crippen molar-refractivity contribution in [1.82, 2.24) is 5.16 Å². The molecule has 1 N–H and O–H groups in total. The minimum atomic E-state index is -0.309. The van der Waals surface area contributed by atoms with Gasteiger partial charge in [-0.3, -0.25) is 4.79 Å². The van der Waals surface area contributed by atoms with Gasteiger partial charge in [0, 0.05) is 11.1 Å². The van der Waals surface area contributed by atoms with E-state index in [1.165, 1.54) is 6.08 Å². The zero-order valence-corrected chi connectivity index (χ0v) is 19.9. The van der Waals surface area contributed by atoms with Gasteiger partial charge in [-0.25, -0.2) is 0 Å². The average Bonchev–Trinajstić information content (AvgIpc) is 3.13. The molecule has 0 fully saturated rings. The molecule has 2 aromatic carbocycles. The first-order valence-electron chi connectivity index (χ1n) is 10.5. The molecule has 0 saturated carbocycles. The van der Waals surface area contributed by atoms with Crippen LogP contribution in [-0.4, -0.2) is 24.8 Å². The summed E-state index contributed by atoms with van der Waals surface area (Å²) in [4.78, 5) is 12.5. The smallest absolute Gasteiger partial charge is 0.248 e. The number of nitrogens with zero attached hydrogens (tertiary/aromatic N) is 1. The lowest BCUT2D eigenvalue weighted by Gasteiger charge is -2.12. The van der Waals surface area contributed by atoms with E-state index in [0.717, 1.165) is 29.0 Å². The number of nitrogens with one attached hydrogen (secondary N) is 1. The van der Waals surface area contributed by atoms with Crippen LogP contribution in [0.25, 0.3) is 6.08 Å². The van der Waals surface area contributed by atoms with E-state index >= 15 is 0 Å². The molecule has 174 valence electrons. The van der Waals surface area contributed by atoms with Crippen LogP contribution in [0.2, 0.25) is 5.02 Å². The van der Waals surface area contributed by atoms with Gasteiger partial charge < -0.3 is 24.1 Å². The van der Waals surface area contributed by atoms with Crippen molar-refractivity contribution in [3.63, 3.8) is 0 Å². The van der Waals surface area contributed by atoms with Gasteiger partial charge in [0.05, 0.1) is 30.7 Å². The van der Waals surface area contributed by atoms with Gasteiger partial charge >= 0.3 is 0 Å². The van der Waals surface area contributed by atoms with Crippen LogP contribution in [-0.2, 0) is 11.4 Å². The van der Waals surface area contributed by atoms with Crippen LogP contribution in [0.3, 0.4) is 0 Å². The lowest BCUT2D eigenvalue weighted by molar-refractivity contribution is -0.111. The summed E-state index contributed by atoms with van der Waals surface area (Å²) in [5.74, 6) is 2.12. The molecule has 7 nitrogen and oxygen atoms in total. The van der Waals surface area contributed by atoms with Gasteiger partial charge in [-0.05, 0) is 62.2 Å². The highest BCUT2D eigenvalue weighted by atomic mass is 35.5. The predicted molar refractivity (Wildman–Crippen MR) is 128 cm³/mol. The molecule has 0 aliphatic heterocycles. The largest absolute Gasteiger partial charge is 0.493 e. The molecule has 0 aliphatic carbocycles. The van der Waals surface area contributed by atoms with Crippen LogP contribution in [0.1, 0.15) is 35.9 Å². The minimum Gasteiger partial charge on any atom is -0.493 e. The third kappa shape index (κ3) is 6.52. The lowest BCUT2D eigenvalue weighted by atomic mass is 10.1. The molecule has 0 aliphatic rings. The third-order valence-electron chi connectivity index (χ3n) is 4.83. The van der Waals surface area contributed by atoms with Gasteiger partial charge in [-0.1, -0.05) is 29.7 Å². The zero-order chi connectivity index (χ0) is 23.8. The number of hydrogen-bond acceptors (Lipinski definition) is 6. The zero-order valence-electron chi connectivity index (χ0n) is 19.1. The molecule has 3 aromatic rings. The number of benzene rings is 2. The van der Waals surface area contributed by atoms with Crippen LogP contribution in [0.4, 0.5) is 5.69 Å². The number of aryl methyl sites for hydroxylation is 2. The summed E-state index contributed by atoms with van der Waals surface area (Å²) in [6.45, 7) is 6.59. The maximum Gasteiger partial charge on any atom is 0.248 e. The highest BCUT2D eigenvalue weighted by Gasteiger charge is 2.12. The van der Waals surface area contributed by atoms with Gasteiger partial charge in [0.15, 0.2) is 11.5 Å². The summed E-state index contributed by atoms with van der Waals surface area (Å²) in [5, 5.41) is 7.25. The first-order valence-corrected chi connectivity index (χ1v) is 10.9. The Kier molecular flexibility index (Phi) is 8.38. The van der Waals surface area contributed by atoms with Crippen molar-refractivity contribution in [2.75, 3.05) is 19.0 Å². The number of anilines is 1. The molecule has 8 heteroatoms. The Labute approximate surface area is 198 Å². The van der Waals surface area contributed by atoms with E-state index < -0.39 is 0 Å². The van der Waals surface area contributed by atoms with Crippen molar-refractivity contribution in [3.05, 3.63) is 70.1 Å². The summed E-state index contributed by atoms with van der Waals surface area (Å²) < 4.78 is 22.2. The number of hydrogen-bond donors (Lipinski definition) is 1. The number of carbonyl (C=O) groups is 1. The summed E-state index contributed by atoms with van der Waals surface area (Å²) in [7, 11) is 1.56. The monoisotopic (exact) mass is 470 g/mol. The van der Waals surface area contributed by atoms with Crippen LogP contribution in [0.15, 0.2) is 47.0 Å². The maximum absolute atomic E-state index is 12.5. The molecular formula is C25H27ClN2O5. The molecular weight excluding hydrogens is 444 g/mol. The fourth-order valence-electron chi connectivity index (χ4n) is 3.05. The van der Waals surface area contributed by atoms with Crippen LogP contribution >= 0.6 is 11.6 Å². The van der Waals surface area contributed by atoms with Crippen molar-refractivity contribution in [1.29, 1.82) is 0 Å². The van der Waals surface area contributed by atoms with E-state index in [-0.39, 0.29) is 5.91 Å². The maximum atomic E-state index is 12.5. The molecule has 0 bridgehead atoms. The molecule has 3 rings (SSSR count). The number of ether oxygens (including phenoxy) is 3. The Hall–Kier alpha value is -3.45. The molecule has 0 spiro atoms. The first-order chi connectivity index (χ1) is 15.9. The molecule has 0 unspecified atom stereocenters. The van der Waals surface area contributed by atoms with Gasteiger partial charge in [0.25, 0.3) is 0 Å². The topological polar surface area (TPSA) is 82.8 Å². The van der Waals surface area contributed by atoms with Crippen molar-refractivity contribution < 1.29 is 23.5 Å². The SMILES string of the molecule is CCCOc1ccc(Cl)cc1NC(=O)C=Cc1ccc(OCc2c(C)noc2C)c(OC)c1. The van der Waals surface area contributed by atoms with Crippen molar-refractivity contribution in [2.45, 2.75) is 33.8 Å². The number of amides is 1. The molecule has 0 saturated heterocycles. The van der Waals surface area contributed by atoms with E-state index in [4.69, 9.17) is 30.3 Å². The van der Waals surface area contributed by atoms with Crippen LogP contribution < -0.4 is 19.5 Å². The Morgan fingerprint density at radius 1 is 1.12 bits per heavy atom. The van der Waals surface area contributed by atoms with E-state index in [2.05, 4.69) is 10.5 Å².